The molecule has 1 fully saturated rings. The Balaban J connectivity index is 1.83. The van der Waals surface area contributed by atoms with Gasteiger partial charge in [-0.2, -0.15) is 0 Å². The first-order chi connectivity index (χ1) is 14.2. The molecule has 29 heavy (non-hydrogen) atoms. The molecule has 1 aliphatic rings. The topological polar surface area (TPSA) is 50.7 Å². The second kappa shape index (κ2) is 8.62. The van der Waals surface area contributed by atoms with Crippen molar-refractivity contribution >= 4 is 39.1 Å². The Morgan fingerprint density at radius 1 is 0.966 bits per heavy atom. The third-order valence-electron chi connectivity index (χ3n) is 5.02. The molecule has 0 aliphatic carbocycles. The predicted molar refractivity (Wildman–Crippen MR) is 120 cm³/mol. The van der Waals surface area contributed by atoms with E-state index in [0.717, 1.165) is 16.9 Å². The van der Waals surface area contributed by atoms with Crippen LogP contribution >= 0.6 is 15.9 Å². The first-order valence-corrected chi connectivity index (χ1v) is 10.6. The summed E-state index contributed by atoms with van der Waals surface area (Å²) >= 11 is 3.52. The van der Waals surface area contributed by atoms with E-state index in [2.05, 4.69) is 21.2 Å². The van der Waals surface area contributed by atoms with Crippen molar-refractivity contribution in [2.45, 2.75) is 17.9 Å². The molecule has 1 aliphatic heterocycles. The van der Waals surface area contributed by atoms with Gasteiger partial charge in [-0.05, 0) is 29.8 Å². The number of amides is 1. The van der Waals surface area contributed by atoms with E-state index in [1.54, 1.807) is 0 Å². The molecule has 3 aromatic rings. The normalized spacial score (nSPS) is 22.2. The first-order valence-electron chi connectivity index (χ1n) is 9.51. The van der Waals surface area contributed by atoms with E-state index in [9.17, 15) is 4.79 Å². The van der Waals surface area contributed by atoms with Gasteiger partial charge in [0.1, 0.15) is 6.10 Å². The second-order valence-corrected chi connectivity index (χ2v) is 7.59. The van der Waals surface area contributed by atoms with Crippen LogP contribution in [0.2, 0.25) is 0 Å². The maximum absolute atomic E-state index is 13.7. The Morgan fingerprint density at radius 2 is 1.55 bits per heavy atom. The van der Waals surface area contributed by atoms with Crippen molar-refractivity contribution in [3.63, 3.8) is 0 Å². The quantitative estimate of drug-likeness (QED) is 0.525. The molecule has 2 atom stereocenters. The fourth-order valence-electron chi connectivity index (χ4n) is 3.60. The summed E-state index contributed by atoms with van der Waals surface area (Å²) < 4.78 is 6.19. The van der Waals surface area contributed by atoms with Crippen LogP contribution in [0.25, 0.3) is 0 Å². The van der Waals surface area contributed by atoms with Gasteiger partial charge in [0.25, 0.3) is 0 Å². The summed E-state index contributed by atoms with van der Waals surface area (Å²) in [6.45, 7) is 0. The van der Waals surface area contributed by atoms with Gasteiger partial charge in [0.2, 0.25) is 11.8 Å². The lowest BCUT2D eigenvalue weighted by Gasteiger charge is -2.27. The van der Waals surface area contributed by atoms with Gasteiger partial charge in [-0.25, -0.2) is 4.99 Å². The molecule has 0 aromatic heterocycles. The minimum absolute atomic E-state index is 0.145. The molecular weight excluding hydrogens is 428 g/mol. The Kier molecular flexibility index (Phi) is 5.76. The van der Waals surface area contributed by atoms with Gasteiger partial charge in [-0.1, -0.05) is 82.7 Å². The molecule has 0 radical (unpaired) electrons. The van der Waals surface area contributed by atoms with Crippen LogP contribution < -0.4 is 5.32 Å². The molecule has 0 bridgehead atoms. The number of carbonyl (C=O) groups excluding carboxylic acids is 1. The minimum Gasteiger partial charge on any atom is -0.475 e. The fraction of sp³-hybridized carbons (Fsp3) is 0.167. The zero-order valence-electron chi connectivity index (χ0n) is 15.8. The standard InChI is InChI=1S/C24H21BrN2O2/c25-17-21-16-24(18-10-4-1-5-11-18,22(28)26-19-12-6-2-7-13-19)23(29-21)27-20-14-8-3-9-15-20/h1-15,21H,16-17H2,(H,26,28)/t21-,24-/m1/s1. The van der Waals surface area contributed by atoms with E-state index in [-0.39, 0.29) is 12.0 Å². The number of benzene rings is 3. The number of anilines is 1. The SMILES string of the molecule is O=C(Nc1ccccc1)[C@]1(c2ccccc2)C[C@H](CBr)OC1=Nc1ccccc1. The van der Waals surface area contributed by atoms with Gasteiger partial charge in [0, 0.05) is 17.4 Å². The molecule has 4 nitrogen and oxygen atoms in total. The van der Waals surface area contributed by atoms with Gasteiger partial charge in [0.15, 0.2) is 5.41 Å². The van der Waals surface area contributed by atoms with Gasteiger partial charge < -0.3 is 10.1 Å². The number of nitrogens with zero attached hydrogens (tertiary/aromatic N) is 1. The van der Waals surface area contributed by atoms with Crippen molar-refractivity contribution in [1.29, 1.82) is 0 Å². The number of halogens is 1. The van der Waals surface area contributed by atoms with Crippen LogP contribution in [0.4, 0.5) is 11.4 Å². The smallest absolute Gasteiger partial charge is 0.244 e. The average molecular weight is 449 g/mol. The highest BCUT2D eigenvalue weighted by atomic mass is 79.9. The summed E-state index contributed by atoms with van der Waals surface area (Å²) in [7, 11) is 0. The van der Waals surface area contributed by atoms with E-state index in [0.29, 0.717) is 17.6 Å². The number of para-hydroxylation sites is 2. The van der Waals surface area contributed by atoms with E-state index in [1.165, 1.54) is 0 Å². The lowest BCUT2D eigenvalue weighted by molar-refractivity contribution is -0.119. The summed E-state index contributed by atoms with van der Waals surface area (Å²) in [6.07, 6.45) is 0.353. The Labute approximate surface area is 178 Å². The average Bonchev–Trinajstić information content (AvgIpc) is 3.15. The molecule has 1 amide bonds. The van der Waals surface area contributed by atoms with E-state index < -0.39 is 5.41 Å². The highest BCUT2D eigenvalue weighted by Gasteiger charge is 2.54. The van der Waals surface area contributed by atoms with Crippen LogP contribution in [0.3, 0.4) is 0 Å². The summed E-state index contributed by atoms with van der Waals surface area (Å²) in [5, 5.41) is 3.69. The van der Waals surface area contributed by atoms with E-state index in [4.69, 9.17) is 9.73 Å². The second-order valence-electron chi connectivity index (χ2n) is 6.94. The lowest BCUT2D eigenvalue weighted by atomic mass is 9.76. The number of rotatable bonds is 5. The Bertz CT molecular complexity index is 993. The molecule has 1 heterocycles. The first kappa shape index (κ1) is 19.4. The third-order valence-corrected chi connectivity index (χ3v) is 5.74. The molecule has 3 aromatic carbocycles. The van der Waals surface area contributed by atoms with Gasteiger partial charge >= 0.3 is 0 Å². The summed E-state index contributed by atoms with van der Waals surface area (Å²) in [5.41, 5.74) is 1.36. The zero-order chi connectivity index (χ0) is 20.1. The minimum atomic E-state index is -1.01. The van der Waals surface area contributed by atoms with Crippen LogP contribution in [0.5, 0.6) is 0 Å². The van der Waals surface area contributed by atoms with Gasteiger partial charge in [0.05, 0.1) is 5.69 Å². The monoisotopic (exact) mass is 448 g/mol. The summed E-state index contributed by atoms with van der Waals surface area (Å²) in [4.78, 5) is 18.5. The van der Waals surface area contributed by atoms with Crippen molar-refractivity contribution in [3.05, 3.63) is 96.6 Å². The number of aliphatic imine (C=N–C) groups is 1. The third kappa shape index (κ3) is 3.96. The summed E-state index contributed by atoms with van der Waals surface area (Å²) in [6, 6.07) is 28.8. The van der Waals surface area contributed by atoms with Gasteiger partial charge in [-0.3, -0.25) is 4.79 Å². The molecule has 0 spiro atoms. The lowest BCUT2D eigenvalue weighted by Crippen LogP contribution is -2.44. The largest absolute Gasteiger partial charge is 0.475 e. The van der Waals surface area contributed by atoms with Crippen LogP contribution in [0.1, 0.15) is 12.0 Å². The molecule has 0 saturated carbocycles. The maximum atomic E-state index is 13.7. The van der Waals surface area contributed by atoms with Crippen molar-refractivity contribution in [2.75, 3.05) is 10.6 Å². The fourth-order valence-corrected chi connectivity index (χ4v) is 3.96. The molecule has 5 heteroatoms. The number of hydrogen-bond donors (Lipinski definition) is 1. The molecule has 146 valence electrons. The van der Waals surface area contributed by atoms with Crippen molar-refractivity contribution in [1.82, 2.24) is 0 Å². The number of hydrogen-bond acceptors (Lipinski definition) is 3. The summed E-state index contributed by atoms with van der Waals surface area (Å²) in [5.74, 6) is 0.279. The zero-order valence-corrected chi connectivity index (χ0v) is 17.4. The van der Waals surface area contributed by atoms with Crippen molar-refractivity contribution < 1.29 is 9.53 Å². The molecule has 1 N–H and O–H groups in total. The van der Waals surface area contributed by atoms with Crippen LogP contribution in [-0.4, -0.2) is 23.2 Å². The van der Waals surface area contributed by atoms with E-state index >= 15 is 0 Å². The van der Waals surface area contributed by atoms with Crippen molar-refractivity contribution in [3.8, 4) is 0 Å². The highest BCUT2D eigenvalue weighted by molar-refractivity contribution is 9.09. The number of nitrogens with one attached hydrogen (secondary N) is 1. The number of carbonyl (C=O) groups is 1. The van der Waals surface area contributed by atoms with Crippen molar-refractivity contribution in [2.24, 2.45) is 4.99 Å². The predicted octanol–water partition coefficient (Wildman–Crippen LogP) is 5.48. The molecule has 1 saturated heterocycles. The van der Waals surface area contributed by atoms with Crippen LogP contribution in [0.15, 0.2) is 96.0 Å². The Hall–Kier alpha value is -2.92. The number of ether oxygens (including phenoxy) is 1. The van der Waals surface area contributed by atoms with Gasteiger partial charge in [-0.15, -0.1) is 0 Å². The van der Waals surface area contributed by atoms with Crippen LogP contribution in [-0.2, 0) is 14.9 Å². The molecule has 0 unspecified atom stereocenters. The maximum Gasteiger partial charge on any atom is 0.244 e. The highest BCUT2D eigenvalue weighted by Crippen LogP contribution is 2.41. The Morgan fingerprint density at radius 3 is 2.17 bits per heavy atom. The van der Waals surface area contributed by atoms with Crippen LogP contribution in [0, 0.1) is 0 Å². The molecular formula is C24H21BrN2O2. The number of alkyl halides is 1. The van der Waals surface area contributed by atoms with E-state index in [1.807, 2.05) is 91.0 Å². The molecule has 4 rings (SSSR count).